The summed E-state index contributed by atoms with van der Waals surface area (Å²) in [7, 11) is 0. The first kappa shape index (κ1) is 19.1. The van der Waals surface area contributed by atoms with Crippen LogP contribution in [-0.2, 0) is 20.9 Å². The van der Waals surface area contributed by atoms with Crippen molar-refractivity contribution in [3.05, 3.63) is 35.9 Å². The van der Waals surface area contributed by atoms with Crippen LogP contribution in [0.15, 0.2) is 30.3 Å². The molecule has 0 saturated carbocycles. The van der Waals surface area contributed by atoms with Crippen LogP contribution in [0.4, 0.5) is 13.6 Å². The molecular formula is C17H21F2NO5. The number of benzene rings is 1. The van der Waals surface area contributed by atoms with Crippen LogP contribution in [0.2, 0.25) is 0 Å². The molecule has 6 nitrogen and oxygen atoms in total. The van der Waals surface area contributed by atoms with Crippen LogP contribution < -0.4 is 0 Å². The van der Waals surface area contributed by atoms with Gasteiger partial charge in [-0.15, -0.1) is 0 Å². The zero-order valence-electron chi connectivity index (χ0n) is 13.9. The van der Waals surface area contributed by atoms with E-state index in [1.54, 1.807) is 12.1 Å². The summed E-state index contributed by atoms with van der Waals surface area (Å²) in [6.45, 7) is 0.990. The molecule has 0 aliphatic carbocycles. The number of amides is 1. The number of ether oxygens (including phenoxy) is 2. The monoisotopic (exact) mass is 357 g/mol. The molecule has 1 saturated heterocycles. The van der Waals surface area contributed by atoms with Crippen molar-refractivity contribution in [1.29, 1.82) is 0 Å². The normalized spacial score (nSPS) is 17.0. The number of hydrogen-bond acceptors (Lipinski definition) is 5. The number of piperidine rings is 1. The Balaban J connectivity index is 1.89. The summed E-state index contributed by atoms with van der Waals surface area (Å²) < 4.78 is 37.7. The molecule has 0 aromatic heterocycles. The second-order valence-electron chi connectivity index (χ2n) is 5.85. The van der Waals surface area contributed by atoms with E-state index in [9.17, 15) is 23.5 Å². The lowest BCUT2D eigenvalue weighted by Gasteiger charge is -2.40. The van der Waals surface area contributed by atoms with Gasteiger partial charge >= 0.3 is 18.0 Å². The highest BCUT2D eigenvalue weighted by Crippen LogP contribution is 2.38. The maximum atomic E-state index is 14.1. The maximum Gasteiger partial charge on any atom is 0.410 e. The Morgan fingerprint density at radius 1 is 1.20 bits per heavy atom. The summed E-state index contributed by atoms with van der Waals surface area (Å²) >= 11 is 0. The number of nitrogens with zero attached hydrogens (tertiary/aromatic N) is 1. The van der Waals surface area contributed by atoms with Gasteiger partial charge in [-0.25, -0.2) is 9.59 Å². The molecule has 0 spiro atoms. The van der Waals surface area contributed by atoms with Crippen molar-refractivity contribution < 1.29 is 33.0 Å². The number of alkyl halides is 2. The Hall–Kier alpha value is -2.22. The average molecular weight is 357 g/mol. The second-order valence-corrected chi connectivity index (χ2v) is 5.85. The number of aliphatic hydroxyl groups is 1. The van der Waals surface area contributed by atoms with E-state index in [0.717, 1.165) is 5.56 Å². The lowest BCUT2D eigenvalue weighted by atomic mass is 9.85. The van der Waals surface area contributed by atoms with Gasteiger partial charge in [0.05, 0.1) is 6.61 Å². The standard InChI is InChI=1S/C17H21F2NO5/c1-2-24-14(21)17(18,19)16(23)8-10-20(11-9-16)15(22)25-12-13-6-4-3-5-7-13/h3-7,23H,2,8-12H2,1H3. The third kappa shape index (κ3) is 4.25. The van der Waals surface area contributed by atoms with Crippen LogP contribution in [0, 0.1) is 0 Å². The molecule has 1 heterocycles. The molecular weight excluding hydrogens is 336 g/mol. The van der Waals surface area contributed by atoms with Crippen molar-refractivity contribution in [1.82, 2.24) is 4.90 Å². The summed E-state index contributed by atoms with van der Waals surface area (Å²) in [5.74, 6) is -5.78. The molecule has 0 unspecified atom stereocenters. The molecule has 25 heavy (non-hydrogen) atoms. The van der Waals surface area contributed by atoms with Crippen LogP contribution in [-0.4, -0.2) is 53.3 Å². The highest BCUT2D eigenvalue weighted by molar-refractivity contribution is 5.79. The van der Waals surface area contributed by atoms with Gasteiger partial charge in [0.25, 0.3) is 0 Å². The summed E-state index contributed by atoms with van der Waals surface area (Å²) in [4.78, 5) is 24.7. The van der Waals surface area contributed by atoms with E-state index >= 15 is 0 Å². The first-order valence-electron chi connectivity index (χ1n) is 8.03. The van der Waals surface area contributed by atoms with E-state index < -0.39 is 36.4 Å². The number of carbonyl (C=O) groups is 2. The fourth-order valence-electron chi connectivity index (χ4n) is 2.60. The minimum atomic E-state index is -4.02. The quantitative estimate of drug-likeness (QED) is 0.819. The average Bonchev–Trinajstić information content (AvgIpc) is 2.61. The molecule has 1 aliphatic rings. The van der Waals surface area contributed by atoms with Crippen LogP contribution >= 0.6 is 0 Å². The number of rotatable bonds is 5. The van der Waals surface area contributed by atoms with Gasteiger partial charge in [0.1, 0.15) is 12.2 Å². The van der Waals surface area contributed by atoms with Crippen molar-refractivity contribution in [3.8, 4) is 0 Å². The first-order chi connectivity index (χ1) is 11.8. The molecule has 0 radical (unpaired) electrons. The lowest BCUT2D eigenvalue weighted by molar-refractivity contribution is -0.222. The molecule has 0 atom stereocenters. The molecule has 1 aromatic carbocycles. The SMILES string of the molecule is CCOC(=O)C(F)(F)C1(O)CCN(C(=O)OCc2ccccc2)CC1. The molecule has 0 bridgehead atoms. The fourth-order valence-corrected chi connectivity index (χ4v) is 2.60. The first-order valence-corrected chi connectivity index (χ1v) is 8.03. The van der Waals surface area contributed by atoms with Crippen molar-refractivity contribution in [2.24, 2.45) is 0 Å². The van der Waals surface area contributed by atoms with E-state index in [0.29, 0.717) is 0 Å². The number of esters is 1. The van der Waals surface area contributed by atoms with Gasteiger partial charge in [-0.3, -0.25) is 0 Å². The van der Waals surface area contributed by atoms with Crippen molar-refractivity contribution in [2.75, 3.05) is 19.7 Å². The number of hydrogen-bond donors (Lipinski definition) is 1. The molecule has 1 fully saturated rings. The molecule has 2 rings (SSSR count). The molecule has 1 amide bonds. The third-order valence-corrected chi connectivity index (χ3v) is 4.17. The number of halogens is 2. The summed E-state index contributed by atoms with van der Waals surface area (Å²) in [6, 6.07) is 9.04. The van der Waals surface area contributed by atoms with E-state index in [-0.39, 0.29) is 26.3 Å². The van der Waals surface area contributed by atoms with E-state index in [2.05, 4.69) is 4.74 Å². The minimum Gasteiger partial charge on any atom is -0.461 e. The van der Waals surface area contributed by atoms with Gasteiger partial charge < -0.3 is 19.5 Å². The Kier molecular flexibility index (Phi) is 5.94. The van der Waals surface area contributed by atoms with Gasteiger partial charge in [0.15, 0.2) is 0 Å². The van der Waals surface area contributed by atoms with Gasteiger partial charge in [-0.2, -0.15) is 8.78 Å². The number of likely N-dealkylation sites (tertiary alicyclic amines) is 1. The zero-order valence-corrected chi connectivity index (χ0v) is 13.9. The Morgan fingerprint density at radius 2 is 1.80 bits per heavy atom. The predicted molar refractivity (Wildman–Crippen MR) is 84.0 cm³/mol. The van der Waals surface area contributed by atoms with Crippen LogP contribution in [0.1, 0.15) is 25.3 Å². The zero-order chi connectivity index (χ0) is 18.5. The van der Waals surface area contributed by atoms with Gasteiger partial charge in [-0.1, -0.05) is 30.3 Å². The van der Waals surface area contributed by atoms with Crippen molar-refractivity contribution in [3.63, 3.8) is 0 Å². The smallest absolute Gasteiger partial charge is 0.410 e. The summed E-state index contributed by atoms with van der Waals surface area (Å²) in [6.07, 6.45) is -1.54. The fraction of sp³-hybridized carbons (Fsp3) is 0.529. The minimum absolute atomic E-state index is 0.0689. The lowest BCUT2D eigenvalue weighted by Crippen LogP contribution is -2.59. The van der Waals surface area contributed by atoms with Gasteiger partial charge in [0.2, 0.25) is 0 Å². The maximum absolute atomic E-state index is 14.1. The van der Waals surface area contributed by atoms with Crippen molar-refractivity contribution >= 4 is 12.1 Å². The number of carbonyl (C=O) groups excluding carboxylic acids is 2. The highest BCUT2D eigenvalue weighted by Gasteiger charge is 2.60. The summed E-state index contributed by atoms with van der Waals surface area (Å²) in [5, 5.41) is 10.2. The topological polar surface area (TPSA) is 76.1 Å². The van der Waals surface area contributed by atoms with E-state index in [4.69, 9.17) is 4.74 Å². The molecule has 138 valence electrons. The Morgan fingerprint density at radius 3 is 2.36 bits per heavy atom. The molecule has 1 N–H and O–H groups in total. The second kappa shape index (κ2) is 7.77. The van der Waals surface area contributed by atoms with Crippen LogP contribution in [0.3, 0.4) is 0 Å². The molecule has 1 aromatic rings. The van der Waals surface area contributed by atoms with Crippen LogP contribution in [0.5, 0.6) is 0 Å². The van der Waals surface area contributed by atoms with Gasteiger partial charge in [-0.05, 0) is 12.5 Å². The van der Waals surface area contributed by atoms with E-state index in [1.807, 2.05) is 18.2 Å². The van der Waals surface area contributed by atoms with E-state index in [1.165, 1.54) is 11.8 Å². The third-order valence-electron chi connectivity index (χ3n) is 4.17. The summed E-state index contributed by atoms with van der Waals surface area (Å²) in [5.41, 5.74) is -1.73. The predicted octanol–water partition coefficient (Wildman–Crippen LogP) is 2.35. The molecule has 8 heteroatoms. The highest BCUT2D eigenvalue weighted by atomic mass is 19.3. The van der Waals surface area contributed by atoms with Gasteiger partial charge in [0, 0.05) is 25.9 Å². The molecule has 1 aliphatic heterocycles. The Labute approximate surface area is 144 Å². The largest absolute Gasteiger partial charge is 0.461 e. The van der Waals surface area contributed by atoms with Crippen LogP contribution in [0.25, 0.3) is 0 Å². The van der Waals surface area contributed by atoms with Crippen molar-refractivity contribution in [2.45, 2.75) is 37.9 Å². The Bertz CT molecular complexity index is 600.